The van der Waals surface area contributed by atoms with Crippen LogP contribution in [0.25, 0.3) is 0 Å². The molecule has 25 heavy (non-hydrogen) atoms. The molecule has 1 saturated heterocycles. The van der Waals surface area contributed by atoms with Gasteiger partial charge in [-0.2, -0.15) is 0 Å². The fourth-order valence-corrected chi connectivity index (χ4v) is 4.66. The molecule has 2 amide bonds. The molecular formula is C20H18ClNO2S. The molecular weight excluding hydrogens is 354 g/mol. The van der Waals surface area contributed by atoms with E-state index >= 15 is 0 Å². The van der Waals surface area contributed by atoms with Crippen LogP contribution in [0.1, 0.15) is 25.7 Å². The van der Waals surface area contributed by atoms with Crippen molar-refractivity contribution in [3.05, 3.63) is 53.6 Å². The average molecular weight is 372 g/mol. The predicted molar refractivity (Wildman–Crippen MR) is 100.0 cm³/mol. The monoisotopic (exact) mass is 371 g/mol. The maximum absolute atomic E-state index is 12.6. The summed E-state index contributed by atoms with van der Waals surface area (Å²) < 4.78 is 0. The average Bonchev–Trinajstić information content (AvgIpc) is 2.89. The van der Waals surface area contributed by atoms with Gasteiger partial charge in [0.15, 0.2) is 0 Å². The van der Waals surface area contributed by atoms with Crippen LogP contribution in [-0.4, -0.2) is 11.8 Å². The quantitative estimate of drug-likeness (QED) is 0.698. The van der Waals surface area contributed by atoms with Crippen molar-refractivity contribution in [2.24, 2.45) is 11.8 Å². The van der Waals surface area contributed by atoms with Crippen LogP contribution in [0.4, 0.5) is 5.69 Å². The summed E-state index contributed by atoms with van der Waals surface area (Å²) in [7, 11) is 0. The van der Waals surface area contributed by atoms with Gasteiger partial charge in [-0.25, -0.2) is 0 Å². The van der Waals surface area contributed by atoms with Gasteiger partial charge in [0.25, 0.3) is 0 Å². The van der Waals surface area contributed by atoms with Gasteiger partial charge in [0.05, 0.1) is 17.5 Å². The molecule has 2 aromatic carbocycles. The van der Waals surface area contributed by atoms with Crippen molar-refractivity contribution in [1.29, 1.82) is 0 Å². The number of carbonyl (C=O) groups excluding carboxylic acids is 2. The molecule has 0 aromatic heterocycles. The lowest BCUT2D eigenvalue weighted by atomic mass is 9.81. The molecule has 128 valence electrons. The topological polar surface area (TPSA) is 37.4 Å². The zero-order valence-corrected chi connectivity index (χ0v) is 15.2. The molecule has 2 fully saturated rings. The molecule has 2 aromatic rings. The van der Waals surface area contributed by atoms with Gasteiger partial charge in [0, 0.05) is 14.8 Å². The summed E-state index contributed by atoms with van der Waals surface area (Å²) in [6.45, 7) is 0. The number of hydrogen-bond acceptors (Lipinski definition) is 3. The third-order valence-corrected chi connectivity index (χ3v) is 6.25. The first-order valence-corrected chi connectivity index (χ1v) is 9.74. The highest BCUT2D eigenvalue weighted by Crippen LogP contribution is 2.40. The number of anilines is 1. The Hall–Kier alpha value is -1.78. The highest BCUT2D eigenvalue weighted by molar-refractivity contribution is 7.99. The number of amides is 2. The van der Waals surface area contributed by atoms with Gasteiger partial charge in [0.1, 0.15) is 0 Å². The molecule has 4 rings (SSSR count). The molecule has 0 radical (unpaired) electrons. The van der Waals surface area contributed by atoms with Crippen molar-refractivity contribution >= 4 is 40.9 Å². The van der Waals surface area contributed by atoms with Crippen LogP contribution in [0.2, 0.25) is 5.02 Å². The van der Waals surface area contributed by atoms with Gasteiger partial charge < -0.3 is 0 Å². The molecule has 3 nitrogen and oxygen atoms in total. The summed E-state index contributed by atoms with van der Waals surface area (Å²) in [5, 5.41) is 0.715. The van der Waals surface area contributed by atoms with Crippen LogP contribution in [0, 0.1) is 11.8 Å². The smallest absolute Gasteiger partial charge is 0.237 e. The van der Waals surface area contributed by atoms with Crippen molar-refractivity contribution in [1.82, 2.24) is 0 Å². The van der Waals surface area contributed by atoms with Crippen LogP contribution < -0.4 is 4.90 Å². The highest BCUT2D eigenvalue weighted by Gasteiger charge is 2.48. The first-order chi connectivity index (χ1) is 12.1. The van der Waals surface area contributed by atoms with E-state index in [1.54, 1.807) is 11.8 Å². The number of rotatable bonds is 3. The van der Waals surface area contributed by atoms with E-state index in [9.17, 15) is 9.59 Å². The molecule has 1 aliphatic carbocycles. The second-order valence-corrected chi connectivity index (χ2v) is 8.14. The zero-order valence-electron chi connectivity index (χ0n) is 13.7. The Labute approximate surface area is 156 Å². The maximum Gasteiger partial charge on any atom is 0.237 e. The van der Waals surface area contributed by atoms with Gasteiger partial charge >= 0.3 is 0 Å². The Kier molecular flexibility index (Phi) is 4.57. The summed E-state index contributed by atoms with van der Waals surface area (Å²) in [6.07, 6.45) is 3.78. The molecule has 0 spiro atoms. The predicted octanol–water partition coefficient (Wildman–Crippen LogP) is 5.17. The fraction of sp³-hybridized carbons (Fsp3) is 0.300. The lowest BCUT2D eigenvalue weighted by Crippen LogP contribution is -2.30. The Morgan fingerprint density at radius 1 is 0.800 bits per heavy atom. The van der Waals surface area contributed by atoms with E-state index < -0.39 is 0 Å². The minimum Gasteiger partial charge on any atom is -0.274 e. The van der Waals surface area contributed by atoms with Crippen molar-refractivity contribution in [2.45, 2.75) is 35.5 Å². The van der Waals surface area contributed by atoms with Gasteiger partial charge in [-0.05, 0) is 61.4 Å². The lowest BCUT2D eigenvalue weighted by Gasteiger charge is -2.19. The first-order valence-electron chi connectivity index (χ1n) is 8.55. The molecule has 0 bridgehead atoms. The Morgan fingerprint density at radius 3 is 1.80 bits per heavy atom. The van der Waals surface area contributed by atoms with Crippen LogP contribution in [0.3, 0.4) is 0 Å². The molecule has 0 unspecified atom stereocenters. The van der Waals surface area contributed by atoms with E-state index in [1.807, 2.05) is 48.5 Å². The number of imide groups is 1. The SMILES string of the molecule is O=C1[C@@H]2CCCC[C@H]2C(=O)N1c1ccc(Sc2ccc(Cl)cc2)cc1. The molecule has 1 aliphatic heterocycles. The first kappa shape index (κ1) is 16.7. The standard InChI is InChI=1S/C20H18ClNO2S/c21-13-5-9-15(10-6-13)25-16-11-7-14(8-12-16)22-19(23)17-3-1-2-4-18(17)20(22)24/h5-12,17-18H,1-4H2/t17-,18-/m1/s1. The molecule has 5 heteroatoms. The summed E-state index contributed by atoms with van der Waals surface area (Å²) in [5.74, 6) is -0.255. The van der Waals surface area contributed by atoms with E-state index in [4.69, 9.17) is 11.6 Å². The normalized spacial score (nSPS) is 23.0. The molecule has 1 saturated carbocycles. The number of halogens is 1. The summed E-state index contributed by atoms with van der Waals surface area (Å²) in [5.41, 5.74) is 0.685. The molecule has 2 aliphatic rings. The van der Waals surface area contributed by atoms with Crippen molar-refractivity contribution < 1.29 is 9.59 Å². The Bertz CT molecular complexity index is 779. The van der Waals surface area contributed by atoms with Gasteiger partial charge in [-0.3, -0.25) is 14.5 Å². The van der Waals surface area contributed by atoms with Gasteiger partial charge in [0.2, 0.25) is 11.8 Å². The minimum absolute atomic E-state index is 0.0206. The van der Waals surface area contributed by atoms with Crippen LogP contribution in [-0.2, 0) is 9.59 Å². The van der Waals surface area contributed by atoms with Crippen LogP contribution in [0.5, 0.6) is 0 Å². The van der Waals surface area contributed by atoms with Crippen molar-refractivity contribution in [3.63, 3.8) is 0 Å². The Morgan fingerprint density at radius 2 is 1.28 bits per heavy atom. The van der Waals surface area contributed by atoms with E-state index in [-0.39, 0.29) is 23.7 Å². The minimum atomic E-state index is -0.107. The van der Waals surface area contributed by atoms with Gasteiger partial charge in [-0.15, -0.1) is 0 Å². The third-order valence-electron chi connectivity index (χ3n) is 4.99. The number of nitrogens with zero attached hydrogens (tertiary/aromatic N) is 1. The van der Waals surface area contributed by atoms with Gasteiger partial charge in [-0.1, -0.05) is 36.2 Å². The highest BCUT2D eigenvalue weighted by atomic mass is 35.5. The summed E-state index contributed by atoms with van der Waals surface area (Å²) >= 11 is 7.53. The fourth-order valence-electron chi connectivity index (χ4n) is 3.72. The zero-order chi connectivity index (χ0) is 17.4. The second kappa shape index (κ2) is 6.85. The lowest BCUT2D eigenvalue weighted by molar-refractivity contribution is -0.122. The maximum atomic E-state index is 12.6. The van der Waals surface area contributed by atoms with Crippen molar-refractivity contribution in [3.8, 4) is 0 Å². The summed E-state index contributed by atoms with van der Waals surface area (Å²) in [6, 6.07) is 15.3. The van der Waals surface area contributed by atoms with E-state index in [2.05, 4.69) is 0 Å². The van der Waals surface area contributed by atoms with Crippen molar-refractivity contribution in [2.75, 3.05) is 4.90 Å². The Balaban J connectivity index is 1.53. The van der Waals surface area contributed by atoms with Crippen LogP contribution in [0.15, 0.2) is 58.3 Å². The number of benzene rings is 2. The van der Waals surface area contributed by atoms with E-state index in [0.29, 0.717) is 10.7 Å². The molecule has 0 N–H and O–H groups in total. The van der Waals surface area contributed by atoms with E-state index in [1.165, 1.54) is 4.90 Å². The molecule has 1 heterocycles. The molecule has 2 atom stereocenters. The number of fused-ring (bicyclic) bond motifs is 1. The largest absolute Gasteiger partial charge is 0.274 e. The number of carbonyl (C=O) groups is 2. The number of hydrogen-bond donors (Lipinski definition) is 0. The van der Waals surface area contributed by atoms with Crippen LogP contribution >= 0.6 is 23.4 Å². The summed E-state index contributed by atoms with van der Waals surface area (Å²) in [4.78, 5) is 28.8. The van der Waals surface area contributed by atoms with E-state index in [0.717, 1.165) is 35.5 Å². The second-order valence-electron chi connectivity index (χ2n) is 6.56. The third kappa shape index (κ3) is 3.21.